The number of benzene rings is 2. The minimum Gasteiger partial charge on any atom is -0.481 e. The Morgan fingerprint density at radius 2 is 1.81 bits per heavy atom. The van der Waals surface area contributed by atoms with Gasteiger partial charge in [-0.3, -0.25) is 14.6 Å². The molecule has 0 saturated carbocycles. The molecule has 0 radical (unpaired) electrons. The number of hydrogen-bond acceptors (Lipinski definition) is 6. The summed E-state index contributed by atoms with van der Waals surface area (Å²) in [5.74, 6) is 0.820. The highest BCUT2D eigenvalue weighted by Crippen LogP contribution is 2.27. The number of aryl methyl sites for hydroxylation is 1. The highest BCUT2D eigenvalue weighted by Gasteiger charge is 2.21. The zero-order valence-electron chi connectivity index (χ0n) is 20.3. The molecule has 1 atom stereocenters. The Bertz CT molecular complexity index is 1560. The van der Waals surface area contributed by atoms with Crippen molar-refractivity contribution in [2.24, 2.45) is 0 Å². The van der Waals surface area contributed by atoms with Gasteiger partial charge in [0.25, 0.3) is 11.5 Å². The van der Waals surface area contributed by atoms with E-state index in [2.05, 4.69) is 20.4 Å². The highest BCUT2D eigenvalue weighted by molar-refractivity contribution is 7.13. The van der Waals surface area contributed by atoms with Gasteiger partial charge in [0.2, 0.25) is 5.95 Å². The van der Waals surface area contributed by atoms with Gasteiger partial charge in [0.15, 0.2) is 6.10 Å². The zero-order valence-corrected chi connectivity index (χ0v) is 21.2. The molecule has 0 aliphatic heterocycles. The molecular weight excluding hydrogens is 486 g/mol. The summed E-state index contributed by atoms with van der Waals surface area (Å²) in [6, 6.07) is 24.5. The number of carbonyl (C=O) groups excluding carboxylic acids is 1. The second kappa shape index (κ2) is 10.6. The number of thiophene rings is 1. The molecule has 1 unspecified atom stereocenters. The number of para-hydroxylation sites is 1. The van der Waals surface area contributed by atoms with Crippen molar-refractivity contribution in [3.8, 4) is 22.3 Å². The van der Waals surface area contributed by atoms with Gasteiger partial charge in [-0.05, 0) is 43.0 Å². The average molecular weight is 512 g/mol. The van der Waals surface area contributed by atoms with Crippen LogP contribution < -0.4 is 15.6 Å². The number of H-pyrrole nitrogens is 1. The molecule has 5 rings (SSSR count). The van der Waals surface area contributed by atoms with Gasteiger partial charge in [-0.2, -0.15) is 9.78 Å². The van der Waals surface area contributed by atoms with Crippen LogP contribution in [-0.4, -0.2) is 31.8 Å². The fourth-order valence-electron chi connectivity index (χ4n) is 3.86. The number of carbonyl (C=O) groups is 1. The van der Waals surface area contributed by atoms with Crippen LogP contribution in [-0.2, 0) is 11.2 Å². The summed E-state index contributed by atoms with van der Waals surface area (Å²) >= 11 is 1.52. The Balaban J connectivity index is 1.47. The largest absolute Gasteiger partial charge is 0.481 e. The Labute approximate surface area is 217 Å². The molecule has 3 aromatic heterocycles. The molecule has 9 heteroatoms. The highest BCUT2D eigenvalue weighted by atomic mass is 32.1. The fraction of sp³-hybridized carbons (Fsp3) is 0.143. The van der Waals surface area contributed by atoms with Crippen molar-refractivity contribution in [2.75, 3.05) is 5.32 Å². The number of aromatic amines is 1. The van der Waals surface area contributed by atoms with Crippen LogP contribution in [0.2, 0.25) is 0 Å². The van der Waals surface area contributed by atoms with E-state index in [0.29, 0.717) is 34.9 Å². The molecule has 0 bridgehead atoms. The first-order valence-electron chi connectivity index (χ1n) is 11.8. The zero-order chi connectivity index (χ0) is 25.8. The maximum absolute atomic E-state index is 13.1. The van der Waals surface area contributed by atoms with E-state index in [9.17, 15) is 9.59 Å². The van der Waals surface area contributed by atoms with E-state index in [1.54, 1.807) is 32.0 Å². The van der Waals surface area contributed by atoms with Crippen molar-refractivity contribution < 1.29 is 9.53 Å². The molecule has 37 heavy (non-hydrogen) atoms. The molecule has 2 N–H and O–H groups in total. The Kier molecular flexibility index (Phi) is 6.96. The fourth-order valence-corrected chi connectivity index (χ4v) is 4.55. The van der Waals surface area contributed by atoms with Crippen LogP contribution in [0.25, 0.3) is 16.5 Å². The summed E-state index contributed by atoms with van der Waals surface area (Å²) in [5, 5.41) is 9.49. The van der Waals surface area contributed by atoms with Gasteiger partial charge in [0, 0.05) is 18.1 Å². The maximum Gasteiger partial charge on any atom is 0.266 e. The van der Waals surface area contributed by atoms with E-state index in [1.807, 2.05) is 66.0 Å². The number of nitrogens with one attached hydrogen (secondary N) is 2. The average Bonchev–Trinajstić information content (AvgIpc) is 3.58. The summed E-state index contributed by atoms with van der Waals surface area (Å²) in [4.78, 5) is 34.5. The number of rotatable bonds is 8. The van der Waals surface area contributed by atoms with Gasteiger partial charge in [0.05, 0.1) is 10.6 Å². The molecule has 3 heterocycles. The van der Waals surface area contributed by atoms with E-state index in [-0.39, 0.29) is 17.4 Å². The first-order chi connectivity index (χ1) is 18.0. The lowest BCUT2D eigenvalue weighted by Gasteiger charge is -2.15. The van der Waals surface area contributed by atoms with Crippen molar-refractivity contribution in [3.05, 3.63) is 111 Å². The van der Waals surface area contributed by atoms with Gasteiger partial charge < -0.3 is 10.1 Å². The van der Waals surface area contributed by atoms with E-state index in [0.717, 1.165) is 10.4 Å². The van der Waals surface area contributed by atoms with Gasteiger partial charge in [-0.1, -0.05) is 54.6 Å². The summed E-state index contributed by atoms with van der Waals surface area (Å²) < 4.78 is 7.22. The Morgan fingerprint density at radius 1 is 1.08 bits per heavy atom. The van der Waals surface area contributed by atoms with Crippen molar-refractivity contribution in [1.29, 1.82) is 0 Å². The summed E-state index contributed by atoms with van der Waals surface area (Å²) in [5.41, 5.74) is 2.59. The monoisotopic (exact) mass is 511 g/mol. The number of amides is 1. The molecule has 0 spiro atoms. The lowest BCUT2D eigenvalue weighted by atomic mass is 10.1. The first kappa shape index (κ1) is 24.2. The van der Waals surface area contributed by atoms with Crippen LogP contribution in [0, 0.1) is 6.92 Å². The minimum atomic E-state index is -0.766. The predicted octanol–water partition coefficient (Wildman–Crippen LogP) is 4.99. The van der Waals surface area contributed by atoms with Gasteiger partial charge in [-0.25, -0.2) is 4.98 Å². The number of ether oxygens (including phenoxy) is 1. The topological polar surface area (TPSA) is 102 Å². The van der Waals surface area contributed by atoms with Crippen LogP contribution in [0.4, 0.5) is 5.82 Å². The summed E-state index contributed by atoms with van der Waals surface area (Å²) in [7, 11) is 0. The smallest absolute Gasteiger partial charge is 0.266 e. The third-order valence-corrected chi connectivity index (χ3v) is 6.69. The molecule has 2 aromatic carbocycles. The SMILES string of the molecule is Cc1nc(-n2nc(-c3cccs3)cc2NC(=O)C(C)Oc2ccccc2)[nH]c(=O)c1Cc1ccccc1. The van der Waals surface area contributed by atoms with Gasteiger partial charge in [0.1, 0.15) is 17.3 Å². The van der Waals surface area contributed by atoms with E-state index in [4.69, 9.17) is 4.74 Å². The minimum absolute atomic E-state index is 0.217. The molecule has 8 nitrogen and oxygen atoms in total. The number of hydrogen-bond donors (Lipinski definition) is 2. The Hall–Kier alpha value is -4.50. The number of aromatic nitrogens is 4. The molecule has 0 aliphatic rings. The third kappa shape index (κ3) is 5.52. The van der Waals surface area contributed by atoms with E-state index >= 15 is 0 Å². The number of nitrogens with zero attached hydrogens (tertiary/aromatic N) is 3. The van der Waals surface area contributed by atoms with Crippen LogP contribution in [0.1, 0.15) is 23.7 Å². The van der Waals surface area contributed by atoms with Crippen LogP contribution in [0.15, 0.2) is 89.0 Å². The molecule has 0 aliphatic carbocycles. The van der Waals surface area contributed by atoms with Crippen molar-refractivity contribution in [2.45, 2.75) is 26.4 Å². The van der Waals surface area contributed by atoms with E-state index in [1.165, 1.54) is 16.0 Å². The van der Waals surface area contributed by atoms with Gasteiger partial charge >= 0.3 is 0 Å². The van der Waals surface area contributed by atoms with Crippen LogP contribution >= 0.6 is 11.3 Å². The molecular formula is C28H25N5O3S. The second-order valence-electron chi connectivity index (χ2n) is 8.48. The van der Waals surface area contributed by atoms with Crippen molar-refractivity contribution in [1.82, 2.24) is 19.7 Å². The summed E-state index contributed by atoms with van der Waals surface area (Å²) in [6.07, 6.45) is -0.301. The van der Waals surface area contributed by atoms with Crippen molar-refractivity contribution in [3.63, 3.8) is 0 Å². The normalized spacial score (nSPS) is 11.7. The molecule has 0 fully saturated rings. The third-order valence-electron chi connectivity index (χ3n) is 5.79. The second-order valence-corrected chi connectivity index (χ2v) is 9.43. The predicted molar refractivity (Wildman–Crippen MR) is 144 cm³/mol. The lowest BCUT2D eigenvalue weighted by molar-refractivity contribution is -0.122. The summed E-state index contributed by atoms with van der Waals surface area (Å²) in [6.45, 7) is 3.47. The maximum atomic E-state index is 13.1. The molecule has 1 amide bonds. The molecule has 0 saturated heterocycles. The quantitative estimate of drug-likeness (QED) is 0.306. The number of anilines is 1. The molecule has 186 valence electrons. The van der Waals surface area contributed by atoms with Gasteiger partial charge in [-0.15, -0.1) is 11.3 Å². The first-order valence-corrected chi connectivity index (χ1v) is 12.7. The van der Waals surface area contributed by atoms with Crippen molar-refractivity contribution >= 4 is 23.1 Å². The standard InChI is InChI=1S/C28H25N5O3S/c1-18-22(16-20-10-5-3-6-11-20)27(35)31-28(29-18)33-25(17-23(32-33)24-14-9-15-37-24)30-26(34)19(2)36-21-12-7-4-8-13-21/h3-15,17,19H,16H2,1-2H3,(H,30,34)(H,29,31,35). The van der Waals surface area contributed by atoms with Crippen LogP contribution in [0.5, 0.6) is 5.75 Å². The van der Waals surface area contributed by atoms with E-state index < -0.39 is 6.10 Å². The Morgan fingerprint density at radius 3 is 2.49 bits per heavy atom. The molecule has 5 aromatic rings. The van der Waals surface area contributed by atoms with Crippen LogP contribution in [0.3, 0.4) is 0 Å². The lowest BCUT2D eigenvalue weighted by Crippen LogP contribution is -2.31.